The van der Waals surface area contributed by atoms with Gasteiger partial charge in [0.25, 0.3) is 0 Å². The van der Waals surface area contributed by atoms with Crippen molar-refractivity contribution in [1.29, 1.82) is 0 Å². The Morgan fingerprint density at radius 2 is 1.84 bits per heavy atom. The smallest absolute Gasteiger partial charge is 0.0722 e. The first-order valence-electron chi connectivity index (χ1n) is 6.63. The summed E-state index contributed by atoms with van der Waals surface area (Å²) in [5.74, 6) is 0. The Hall–Kier alpha value is -0.150. The van der Waals surface area contributed by atoms with Gasteiger partial charge in [-0.1, -0.05) is 34.8 Å². The van der Waals surface area contributed by atoms with Gasteiger partial charge < -0.3 is 10.1 Å². The van der Waals surface area contributed by atoms with E-state index in [2.05, 4.69) is 5.32 Å². The summed E-state index contributed by atoms with van der Waals surface area (Å²) in [7, 11) is 0. The molecule has 2 fully saturated rings. The molecule has 1 heterocycles. The highest BCUT2D eigenvalue weighted by molar-refractivity contribution is 6.41. The first-order chi connectivity index (χ1) is 9.08. The van der Waals surface area contributed by atoms with E-state index in [9.17, 15) is 0 Å². The zero-order chi connectivity index (χ0) is 13.5. The van der Waals surface area contributed by atoms with Gasteiger partial charge in [0, 0.05) is 17.7 Å². The van der Waals surface area contributed by atoms with Crippen molar-refractivity contribution in [3.05, 3.63) is 27.2 Å². The molecule has 1 unspecified atom stereocenters. The summed E-state index contributed by atoms with van der Waals surface area (Å²) >= 11 is 18.3. The number of halogens is 3. The predicted molar refractivity (Wildman–Crippen MR) is 80.7 cm³/mol. The minimum Gasteiger partial charge on any atom is -0.380 e. The lowest BCUT2D eigenvalue weighted by Gasteiger charge is -2.47. The lowest BCUT2D eigenvalue weighted by molar-refractivity contribution is -0.130. The number of benzene rings is 1. The van der Waals surface area contributed by atoms with Gasteiger partial charge in [0.15, 0.2) is 0 Å². The molecule has 1 aromatic rings. The first kappa shape index (κ1) is 13.8. The molecule has 1 N–H and O–H groups in total. The van der Waals surface area contributed by atoms with Crippen molar-refractivity contribution in [2.75, 3.05) is 11.9 Å². The van der Waals surface area contributed by atoms with Crippen LogP contribution in [0.2, 0.25) is 15.1 Å². The Morgan fingerprint density at radius 1 is 1.16 bits per heavy atom. The van der Waals surface area contributed by atoms with Crippen LogP contribution < -0.4 is 5.32 Å². The molecule has 1 spiro atoms. The van der Waals surface area contributed by atoms with E-state index in [-0.39, 0.29) is 5.60 Å². The van der Waals surface area contributed by atoms with E-state index in [1.807, 2.05) is 0 Å². The number of ether oxygens (including phenoxy) is 1. The van der Waals surface area contributed by atoms with E-state index in [1.165, 1.54) is 19.3 Å². The SMILES string of the molecule is Clc1cc(Cl)c(NC2CCOC3(CCC3)C2)c(Cl)c1. The fourth-order valence-electron chi connectivity index (χ4n) is 2.95. The van der Waals surface area contributed by atoms with Crippen molar-refractivity contribution >= 4 is 40.5 Å². The van der Waals surface area contributed by atoms with E-state index in [4.69, 9.17) is 39.5 Å². The number of nitrogens with one attached hydrogen (secondary N) is 1. The fraction of sp³-hybridized carbons (Fsp3) is 0.571. The van der Waals surface area contributed by atoms with Crippen molar-refractivity contribution in [3.8, 4) is 0 Å². The zero-order valence-electron chi connectivity index (χ0n) is 10.5. The quantitative estimate of drug-likeness (QED) is 0.812. The van der Waals surface area contributed by atoms with Crippen molar-refractivity contribution < 1.29 is 4.74 Å². The van der Waals surface area contributed by atoms with Gasteiger partial charge in [0.1, 0.15) is 0 Å². The van der Waals surface area contributed by atoms with E-state index in [0.717, 1.165) is 25.1 Å². The predicted octanol–water partition coefficient (Wildman–Crippen LogP) is 5.16. The number of anilines is 1. The summed E-state index contributed by atoms with van der Waals surface area (Å²) < 4.78 is 5.92. The van der Waals surface area contributed by atoms with Gasteiger partial charge in [-0.3, -0.25) is 0 Å². The van der Waals surface area contributed by atoms with Crippen LogP contribution >= 0.6 is 34.8 Å². The van der Waals surface area contributed by atoms with Gasteiger partial charge in [0.05, 0.1) is 21.3 Å². The highest BCUT2D eigenvalue weighted by Gasteiger charge is 2.42. The van der Waals surface area contributed by atoms with Crippen LogP contribution in [-0.2, 0) is 4.74 Å². The summed E-state index contributed by atoms with van der Waals surface area (Å²) in [5, 5.41) is 5.18. The maximum atomic E-state index is 6.21. The Labute approximate surface area is 128 Å². The molecule has 0 aromatic heterocycles. The topological polar surface area (TPSA) is 21.3 Å². The third kappa shape index (κ3) is 2.82. The molecule has 1 aliphatic heterocycles. The average Bonchev–Trinajstić information content (AvgIpc) is 2.32. The second-order valence-electron chi connectivity index (χ2n) is 5.46. The molecule has 1 aromatic carbocycles. The summed E-state index contributed by atoms with van der Waals surface area (Å²) in [4.78, 5) is 0. The number of rotatable bonds is 2. The van der Waals surface area contributed by atoms with Crippen LogP contribution in [0.5, 0.6) is 0 Å². The minimum atomic E-state index is 0.112. The molecular formula is C14H16Cl3NO. The monoisotopic (exact) mass is 319 g/mol. The standard InChI is InChI=1S/C14H16Cl3NO/c15-9-6-11(16)13(12(17)7-9)18-10-2-5-19-14(8-10)3-1-4-14/h6-7,10,18H,1-5,8H2. The normalized spacial score (nSPS) is 25.1. The maximum Gasteiger partial charge on any atom is 0.0722 e. The van der Waals surface area contributed by atoms with Crippen LogP contribution in [0, 0.1) is 0 Å². The second-order valence-corrected chi connectivity index (χ2v) is 6.71. The second kappa shape index (κ2) is 5.33. The van der Waals surface area contributed by atoms with Gasteiger partial charge in [-0.15, -0.1) is 0 Å². The highest BCUT2D eigenvalue weighted by atomic mass is 35.5. The van der Waals surface area contributed by atoms with Gasteiger partial charge in [-0.05, 0) is 44.2 Å². The Balaban J connectivity index is 1.74. The summed E-state index contributed by atoms with van der Waals surface area (Å²) in [6.07, 6.45) is 5.63. The van der Waals surface area contributed by atoms with Crippen molar-refractivity contribution in [3.63, 3.8) is 0 Å². The Kier molecular flexibility index (Phi) is 3.87. The summed E-state index contributed by atoms with van der Waals surface area (Å²) in [6.45, 7) is 0.806. The third-order valence-corrected chi connectivity index (χ3v) is 4.93. The van der Waals surface area contributed by atoms with Gasteiger partial charge >= 0.3 is 0 Å². The molecule has 2 aliphatic rings. The minimum absolute atomic E-state index is 0.112. The van der Waals surface area contributed by atoms with E-state index >= 15 is 0 Å². The van der Waals surface area contributed by atoms with Gasteiger partial charge in [-0.2, -0.15) is 0 Å². The van der Waals surface area contributed by atoms with Gasteiger partial charge in [0.2, 0.25) is 0 Å². The maximum absolute atomic E-state index is 6.21. The van der Waals surface area contributed by atoms with Crippen LogP contribution in [-0.4, -0.2) is 18.2 Å². The largest absolute Gasteiger partial charge is 0.380 e. The van der Waals surface area contributed by atoms with Crippen molar-refractivity contribution in [2.45, 2.75) is 43.7 Å². The number of hydrogen-bond acceptors (Lipinski definition) is 2. The molecule has 104 valence electrons. The van der Waals surface area contributed by atoms with Crippen LogP contribution in [0.15, 0.2) is 12.1 Å². The Morgan fingerprint density at radius 3 is 2.42 bits per heavy atom. The van der Waals surface area contributed by atoms with Gasteiger partial charge in [-0.25, -0.2) is 0 Å². The highest BCUT2D eigenvalue weighted by Crippen LogP contribution is 2.44. The lowest BCUT2D eigenvalue weighted by atomic mass is 9.74. The molecule has 0 radical (unpaired) electrons. The van der Waals surface area contributed by atoms with Crippen molar-refractivity contribution in [2.24, 2.45) is 0 Å². The van der Waals surface area contributed by atoms with Crippen LogP contribution in [0.3, 0.4) is 0 Å². The zero-order valence-corrected chi connectivity index (χ0v) is 12.8. The van der Waals surface area contributed by atoms with E-state index in [1.54, 1.807) is 12.1 Å². The molecular weight excluding hydrogens is 305 g/mol. The molecule has 1 saturated heterocycles. The molecule has 2 nitrogen and oxygen atoms in total. The number of hydrogen-bond donors (Lipinski definition) is 1. The third-order valence-electron chi connectivity index (χ3n) is 4.11. The fourth-order valence-corrected chi connectivity index (χ4v) is 3.88. The van der Waals surface area contributed by atoms with Crippen molar-refractivity contribution in [1.82, 2.24) is 0 Å². The molecule has 0 amide bonds. The molecule has 19 heavy (non-hydrogen) atoms. The average molecular weight is 321 g/mol. The molecule has 3 rings (SSSR count). The lowest BCUT2D eigenvalue weighted by Crippen LogP contribution is -2.49. The van der Waals surface area contributed by atoms with Crippen LogP contribution in [0.1, 0.15) is 32.1 Å². The molecule has 1 atom stereocenters. The van der Waals surface area contributed by atoms with E-state index in [0.29, 0.717) is 21.1 Å². The summed E-state index contributed by atoms with van der Waals surface area (Å²) in [6, 6.07) is 3.80. The molecule has 5 heteroatoms. The van der Waals surface area contributed by atoms with Crippen LogP contribution in [0.25, 0.3) is 0 Å². The summed E-state index contributed by atoms with van der Waals surface area (Å²) in [5.41, 5.74) is 0.899. The first-order valence-corrected chi connectivity index (χ1v) is 7.76. The van der Waals surface area contributed by atoms with Crippen LogP contribution in [0.4, 0.5) is 5.69 Å². The Bertz CT molecular complexity index is 465. The molecule has 1 saturated carbocycles. The van der Waals surface area contributed by atoms with E-state index < -0.39 is 0 Å². The molecule has 1 aliphatic carbocycles. The molecule has 0 bridgehead atoms.